The molecular weight excluding hydrogens is 295 g/mol. The minimum Gasteiger partial charge on any atom is -0.305 e. The Morgan fingerprint density at radius 2 is 1.95 bits per heavy atom. The molecule has 20 heavy (non-hydrogen) atoms. The largest absolute Gasteiger partial charge is 0.305 e. The summed E-state index contributed by atoms with van der Waals surface area (Å²) in [6.07, 6.45) is 2.76. The van der Waals surface area contributed by atoms with Gasteiger partial charge in [0.1, 0.15) is 0 Å². The molecule has 0 aliphatic carbocycles. The fourth-order valence-corrected chi connectivity index (χ4v) is 2.84. The first-order chi connectivity index (χ1) is 9.69. The number of hydrogen-bond donors (Lipinski definition) is 1. The zero-order valence-electron chi connectivity index (χ0n) is 11.6. The zero-order valence-corrected chi connectivity index (χ0v) is 13.1. The lowest BCUT2D eigenvalue weighted by molar-refractivity contribution is 0.512. The van der Waals surface area contributed by atoms with Crippen molar-refractivity contribution in [2.75, 3.05) is 6.54 Å². The van der Waals surface area contributed by atoms with Gasteiger partial charge in [-0.1, -0.05) is 48.3 Å². The highest BCUT2D eigenvalue weighted by atomic mass is 35.5. The Hall–Kier alpha value is -1.10. The molecule has 1 heterocycles. The van der Waals surface area contributed by atoms with Gasteiger partial charge in [0.05, 0.1) is 17.9 Å². The van der Waals surface area contributed by atoms with E-state index in [0.717, 1.165) is 30.8 Å². The van der Waals surface area contributed by atoms with Gasteiger partial charge in [-0.2, -0.15) is 0 Å². The van der Waals surface area contributed by atoms with Gasteiger partial charge in [-0.05, 0) is 25.1 Å². The molecule has 1 aromatic carbocycles. The number of nitrogens with one attached hydrogen (secondary N) is 1. The average Bonchev–Trinajstić information content (AvgIpc) is 2.86. The number of aryl methyl sites for hydroxylation is 1. The smallest absolute Gasteiger partial charge is 0.0803 e. The summed E-state index contributed by atoms with van der Waals surface area (Å²) in [6.45, 7) is 5.77. The average molecular weight is 313 g/mol. The predicted octanol–water partition coefficient (Wildman–Crippen LogP) is 3.69. The molecule has 2 rings (SSSR count). The minimum absolute atomic E-state index is 0.109. The lowest BCUT2D eigenvalue weighted by Crippen LogP contribution is -2.25. The summed E-state index contributed by atoms with van der Waals surface area (Å²) in [5.41, 5.74) is 1.85. The van der Waals surface area contributed by atoms with Crippen LogP contribution in [0.5, 0.6) is 0 Å². The summed E-state index contributed by atoms with van der Waals surface area (Å²) in [5.74, 6) is 0. The predicted molar refractivity (Wildman–Crippen MR) is 82.3 cm³/mol. The van der Waals surface area contributed by atoms with Crippen LogP contribution in [0, 0.1) is 0 Å². The van der Waals surface area contributed by atoms with Crippen molar-refractivity contribution in [3.63, 3.8) is 0 Å². The van der Waals surface area contributed by atoms with E-state index in [1.807, 2.05) is 29.8 Å². The molecule has 1 aromatic heterocycles. The van der Waals surface area contributed by atoms with Gasteiger partial charge in [0.25, 0.3) is 0 Å². The van der Waals surface area contributed by atoms with Gasteiger partial charge in [-0.3, -0.25) is 0 Å². The van der Waals surface area contributed by atoms with Crippen LogP contribution >= 0.6 is 23.2 Å². The highest BCUT2D eigenvalue weighted by Gasteiger charge is 2.22. The van der Waals surface area contributed by atoms with Crippen molar-refractivity contribution in [2.45, 2.75) is 32.9 Å². The molecule has 0 fully saturated rings. The highest BCUT2D eigenvalue weighted by molar-refractivity contribution is 6.36. The monoisotopic (exact) mass is 312 g/mol. The van der Waals surface area contributed by atoms with Crippen molar-refractivity contribution in [3.05, 3.63) is 45.7 Å². The molecule has 4 nitrogen and oxygen atoms in total. The molecule has 108 valence electrons. The molecule has 1 N–H and O–H groups in total. The Morgan fingerprint density at radius 3 is 2.55 bits per heavy atom. The number of halogens is 2. The van der Waals surface area contributed by atoms with Crippen molar-refractivity contribution in [3.8, 4) is 0 Å². The van der Waals surface area contributed by atoms with Crippen molar-refractivity contribution < 1.29 is 0 Å². The molecule has 2 aromatic rings. The topological polar surface area (TPSA) is 42.7 Å². The summed E-state index contributed by atoms with van der Waals surface area (Å²) < 4.78 is 1.90. The molecular formula is C14H18Cl2N4. The van der Waals surface area contributed by atoms with Crippen LogP contribution < -0.4 is 5.32 Å². The van der Waals surface area contributed by atoms with E-state index >= 15 is 0 Å². The van der Waals surface area contributed by atoms with E-state index in [9.17, 15) is 0 Å². The van der Waals surface area contributed by atoms with E-state index in [2.05, 4.69) is 22.6 Å². The number of nitrogens with zero attached hydrogens (tertiary/aromatic N) is 3. The molecule has 0 amide bonds. The van der Waals surface area contributed by atoms with Crippen LogP contribution in [0.1, 0.15) is 37.6 Å². The van der Waals surface area contributed by atoms with Gasteiger partial charge in [0.15, 0.2) is 0 Å². The molecule has 0 aliphatic rings. The van der Waals surface area contributed by atoms with Crippen LogP contribution in [-0.4, -0.2) is 21.5 Å². The first-order valence-electron chi connectivity index (χ1n) is 6.74. The molecule has 0 radical (unpaired) electrons. The van der Waals surface area contributed by atoms with Crippen LogP contribution in [0.4, 0.5) is 0 Å². The molecule has 6 heteroatoms. The molecule has 0 saturated heterocycles. The van der Waals surface area contributed by atoms with Gasteiger partial charge in [0, 0.05) is 22.2 Å². The van der Waals surface area contributed by atoms with E-state index in [-0.39, 0.29) is 6.04 Å². The van der Waals surface area contributed by atoms with Crippen molar-refractivity contribution >= 4 is 23.2 Å². The Bertz CT molecular complexity index is 548. The normalized spacial score (nSPS) is 12.6. The van der Waals surface area contributed by atoms with Crippen molar-refractivity contribution in [1.29, 1.82) is 0 Å². The lowest BCUT2D eigenvalue weighted by Gasteiger charge is -2.21. The van der Waals surface area contributed by atoms with Crippen LogP contribution in [0.25, 0.3) is 0 Å². The Balaban J connectivity index is 2.48. The van der Waals surface area contributed by atoms with Crippen LogP contribution in [-0.2, 0) is 6.54 Å². The van der Waals surface area contributed by atoms with Gasteiger partial charge < -0.3 is 5.32 Å². The maximum absolute atomic E-state index is 6.33. The zero-order chi connectivity index (χ0) is 14.5. The second kappa shape index (κ2) is 7.07. The Morgan fingerprint density at radius 1 is 1.25 bits per heavy atom. The number of aromatic nitrogens is 3. The Labute approximate surface area is 129 Å². The molecule has 1 atom stereocenters. The Kier molecular flexibility index (Phi) is 5.40. The van der Waals surface area contributed by atoms with Gasteiger partial charge in [0.2, 0.25) is 0 Å². The highest BCUT2D eigenvalue weighted by Crippen LogP contribution is 2.33. The SMILES string of the molecule is CCCn1nncc1C(NCC)c1c(Cl)cccc1Cl. The maximum Gasteiger partial charge on any atom is 0.0803 e. The third-order valence-corrected chi connectivity index (χ3v) is 3.73. The third kappa shape index (κ3) is 3.14. The number of rotatable bonds is 6. The fraction of sp³-hybridized carbons (Fsp3) is 0.429. The quantitative estimate of drug-likeness (QED) is 0.884. The third-order valence-electron chi connectivity index (χ3n) is 3.08. The molecule has 0 saturated carbocycles. The van der Waals surface area contributed by atoms with E-state index in [0.29, 0.717) is 10.0 Å². The van der Waals surface area contributed by atoms with Crippen LogP contribution in [0.15, 0.2) is 24.4 Å². The van der Waals surface area contributed by atoms with E-state index in [1.54, 1.807) is 6.20 Å². The first-order valence-corrected chi connectivity index (χ1v) is 7.50. The summed E-state index contributed by atoms with van der Waals surface area (Å²) in [7, 11) is 0. The standard InChI is InChI=1S/C14H18Cl2N4/c1-3-8-20-12(9-18-19-20)14(17-4-2)13-10(15)6-5-7-11(13)16/h5-7,9,14,17H,3-4,8H2,1-2H3. The van der Waals surface area contributed by atoms with Crippen molar-refractivity contribution in [1.82, 2.24) is 20.3 Å². The molecule has 1 unspecified atom stereocenters. The van der Waals surface area contributed by atoms with Crippen molar-refractivity contribution in [2.24, 2.45) is 0 Å². The summed E-state index contributed by atoms with van der Waals surface area (Å²) >= 11 is 12.7. The summed E-state index contributed by atoms with van der Waals surface area (Å²) in [4.78, 5) is 0. The van der Waals surface area contributed by atoms with E-state index in [1.165, 1.54) is 0 Å². The maximum atomic E-state index is 6.33. The van der Waals surface area contributed by atoms with Gasteiger partial charge >= 0.3 is 0 Å². The van der Waals surface area contributed by atoms with Gasteiger partial charge in [-0.25, -0.2) is 4.68 Å². The first kappa shape index (κ1) is 15.3. The summed E-state index contributed by atoms with van der Waals surface area (Å²) in [6, 6.07) is 5.43. The molecule has 0 bridgehead atoms. The fourth-order valence-electron chi connectivity index (χ4n) is 2.22. The lowest BCUT2D eigenvalue weighted by atomic mass is 10.0. The molecule has 0 aliphatic heterocycles. The van der Waals surface area contributed by atoms with Gasteiger partial charge in [-0.15, -0.1) is 5.10 Å². The van der Waals surface area contributed by atoms with E-state index < -0.39 is 0 Å². The minimum atomic E-state index is -0.109. The number of hydrogen-bond acceptors (Lipinski definition) is 3. The van der Waals surface area contributed by atoms with Crippen LogP contribution in [0.2, 0.25) is 10.0 Å². The van der Waals surface area contributed by atoms with E-state index in [4.69, 9.17) is 23.2 Å². The second-order valence-corrected chi connectivity index (χ2v) is 5.32. The number of benzene rings is 1. The molecule has 0 spiro atoms. The summed E-state index contributed by atoms with van der Waals surface area (Å²) in [5, 5.41) is 12.9. The second-order valence-electron chi connectivity index (χ2n) is 4.51. The van der Waals surface area contributed by atoms with Crippen LogP contribution in [0.3, 0.4) is 0 Å².